The Morgan fingerprint density at radius 1 is 1.04 bits per heavy atom. The Morgan fingerprint density at radius 2 is 1.81 bits per heavy atom. The summed E-state index contributed by atoms with van der Waals surface area (Å²) in [6.07, 6.45) is 0. The van der Waals surface area contributed by atoms with Gasteiger partial charge in [-0.1, -0.05) is 30.3 Å². The molecule has 6 heteroatoms. The zero-order valence-corrected chi connectivity index (χ0v) is 15.6. The molecule has 0 unspecified atom stereocenters. The number of anilines is 2. The summed E-state index contributed by atoms with van der Waals surface area (Å²) in [7, 11) is 0. The third-order valence-corrected chi connectivity index (χ3v) is 5.52. The predicted molar refractivity (Wildman–Crippen MR) is 109 cm³/mol. The number of thiophene rings is 1. The minimum Gasteiger partial charge on any atom is -0.340 e. The van der Waals surface area contributed by atoms with Crippen LogP contribution in [0.3, 0.4) is 0 Å². The molecule has 0 atom stereocenters. The molecule has 2 aromatic carbocycles. The summed E-state index contributed by atoms with van der Waals surface area (Å²) in [6.45, 7) is 1.90. The van der Waals surface area contributed by atoms with Crippen LogP contribution in [0.2, 0.25) is 0 Å². The lowest BCUT2D eigenvalue weighted by Crippen LogP contribution is -1.97. The molecule has 0 aliphatic rings. The summed E-state index contributed by atoms with van der Waals surface area (Å²) < 4.78 is 0. The lowest BCUT2D eigenvalue weighted by molar-refractivity contribution is 1.10. The van der Waals surface area contributed by atoms with Gasteiger partial charge >= 0.3 is 0 Å². The number of aryl methyl sites for hydroxylation is 1. The monoisotopic (exact) mass is 374 g/mol. The van der Waals surface area contributed by atoms with Crippen LogP contribution in [-0.2, 0) is 0 Å². The van der Waals surface area contributed by atoms with Gasteiger partial charge < -0.3 is 5.32 Å². The van der Waals surface area contributed by atoms with Gasteiger partial charge in [-0.2, -0.15) is 5.26 Å². The number of hydrogen-bond donors (Lipinski definition) is 1. The van der Waals surface area contributed by atoms with E-state index in [0.717, 1.165) is 44.2 Å². The number of nitriles is 1. The quantitative estimate of drug-likeness (QED) is 0.351. The van der Waals surface area contributed by atoms with Gasteiger partial charge in [0.25, 0.3) is 0 Å². The Hall–Kier alpha value is -2.88. The van der Waals surface area contributed by atoms with Gasteiger partial charge in [-0.3, -0.25) is 0 Å². The van der Waals surface area contributed by atoms with Crippen molar-refractivity contribution in [3.8, 4) is 15.8 Å². The molecule has 0 fully saturated rings. The number of nitrogens with one attached hydrogen (secondary N) is 1. The fraction of sp³-hybridized carbons (Fsp3) is 0.0500. The van der Waals surface area contributed by atoms with E-state index in [4.69, 9.17) is 5.26 Å². The first kappa shape index (κ1) is 16.6. The normalized spacial score (nSPS) is 10.6. The summed E-state index contributed by atoms with van der Waals surface area (Å²) in [5.74, 6) is 1.53. The molecule has 0 amide bonds. The summed E-state index contributed by atoms with van der Waals surface area (Å²) in [4.78, 5) is 12.2. The first-order chi connectivity index (χ1) is 12.7. The first-order valence-corrected chi connectivity index (χ1v) is 9.63. The Labute approximate surface area is 159 Å². The molecule has 0 spiro atoms. The van der Waals surface area contributed by atoms with E-state index in [1.54, 1.807) is 11.3 Å². The van der Waals surface area contributed by atoms with Crippen molar-refractivity contribution in [3.63, 3.8) is 0 Å². The lowest BCUT2D eigenvalue weighted by atomic mass is 10.2. The van der Waals surface area contributed by atoms with E-state index >= 15 is 0 Å². The van der Waals surface area contributed by atoms with Crippen LogP contribution in [0.15, 0.2) is 65.6 Å². The van der Waals surface area contributed by atoms with Crippen LogP contribution in [0.4, 0.5) is 11.5 Å². The molecule has 4 nitrogen and oxygen atoms in total. The van der Waals surface area contributed by atoms with Crippen LogP contribution in [0.5, 0.6) is 0 Å². The molecule has 2 heterocycles. The highest BCUT2D eigenvalue weighted by Crippen LogP contribution is 2.36. The smallest absolute Gasteiger partial charge is 0.142 e. The number of aromatic nitrogens is 2. The third-order valence-electron chi connectivity index (χ3n) is 3.84. The van der Waals surface area contributed by atoms with E-state index in [1.165, 1.54) is 10.4 Å². The van der Waals surface area contributed by atoms with Gasteiger partial charge in [-0.25, -0.2) is 9.97 Å². The Kier molecular flexibility index (Phi) is 4.57. The number of rotatable bonds is 4. The minimum atomic E-state index is 0.734. The molecule has 2 aromatic heterocycles. The molecule has 0 saturated carbocycles. The Bertz CT molecular complexity index is 1100. The van der Waals surface area contributed by atoms with E-state index in [-0.39, 0.29) is 0 Å². The van der Waals surface area contributed by atoms with Crippen molar-refractivity contribution in [2.24, 2.45) is 0 Å². The van der Waals surface area contributed by atoms with Gasteiger partial charge in [-0.05, 0) is 54.6 Å². The van der Waals surface area contributed by atoms with Gasteiger partial charge in [0.15, 0.2) is 0 Å². The van der Waals surface area contributed by atoms with Crippen LogP contribution in [0, 0.1) is 17.6 Å². The summed E-state index contributed by atoms with van der Waals surface area (Å²) in [5.41, 5.74) is 2.11. The number of nitrogens with zero attached hydrogens (tertiary/aromatic N) is 3. The second-order valence-corrected chi connectivity index (χ2v) is 7.55. The largest absolute Gasteiger partial charge is 0.340 e. The highest BCUT2D eigenvalue weighted by Gasteiger charge is 2.12. The van der Waals surface area contributed by atoms with Gasteiger partial charge in [0, 0.05) is 15.5 Å². The number of thioether (sulfide) groups is 1. The molecular weight excluding hydrogens is 360 g/mol. The molecular formula is C20H14N4S2. The topological polar surface area (TPSA) is 61.6 Å². The second-order valence-electron chi connectivity index (χ2n) is 5.66. The van der Waals surface area contributed by atoms with Gasteiger partial charge in [-0.15, -0.1) is 11.3 Å². The van der Waals surface area contributed by atoms with Crippen LogP contribution < -0.4 is 5.32 Å². The number of hydrogen-bond acceptors (Lipinski definition) is 6. The Morgan fingerprint density at radius 3 is 2.54 bits per heavy atom. The molecule has 4 aromatic rings. The standard InChI is InChI=1S/C20H14N4S2/c1-13-22-19(24-15-7-9-16(10-8-15)25-12-21)17-11-18(26-20(17)23-13)14-5-3-2-4-6-14/h2-11H,1H3,(H,22,23,24). The van der Waals surface area contributed by atoms with E-state index in [9.17, 15) is 0 Å². The van der Waals surface area contributed by atoms with Crippen LogP contribution in [0.25, 0.3) is 20.7 Å². The average Bonchev–Trinajstić information content (AvgIpc) is 3.08. The van der Waals surface area contributed by atoms with Gasteiger partial charge in [0.2, 0.25) is 0 Å². The van der Waals surface area contributed by atoms with E-state index in [1.807, 2.05) is 49.4 Å². The molecule has 1 N–H and O–H groups in total. The van der Waals surface area contributed by atoms with Crippen molar-refractivity contribution in [3.05, 3.63) is 66.5 Å². The highest BCUT2D eigenvalue weighted by molar-refractivity contribution is 8.03. The average molecular weight is 374 g/mol. The van der Waals surface area contributed by atoms with Crippen LogP contribution >= 0.6 is 23.1 Å². The molecule has 0 aliphatic heterocycles. The van der Waals surface area contributed by atoms with Crippen molar-refractivity contribution >= 4 is 44.8 Å². The van der Waals surface area contributed by atoms with E-state index in [0.29, 0.717) is 0 Å². The highest BCUT2D eigenvalue weighted by atomic mass is 32.2. The summed E-state index contributed by atoms with van der Waals surface area (Å²) in [5, 5.41) is 15.2. The van der Waals surface area contributed by atoms with Gasteiger partial charge in [0.05, 0.1) is 5.39 Å². The third kappa shape index (κ3) is 3.40. The maximum absolute atomic E-state index is 8.75. The van der Waals surface area contributed by atoms with Gasteiger partial charge in [0.1, 0.15) is 21.9 Å². The zero-order valence-electron chi connectivity index (χ0n) is 13.9. The molecule has 0 bridgehead atoms. The molecule has 0 aliphatic carbocycles. The van der Waals surface area contributed by atoms with Crippen molar-refractivity contribution in [1.82, 2.24) is 9.97 Å². The second kappa shape index (κ2) is 7.16. The summed E-state index contributed by atoms with van der Waals surface area (Å²) in [6, 6.07) is 20.2. The first-order valence-electron chi connectivity index (χ1n) is 7.99. The fourth-order valence-corrected chi connectivity index (χ4v) is 4.12. The van der Waals surface area contributed by atoms with Crippen LogP contribution in [0.1, 0.15) is 5.82 Å². The zero-order chi connectivity index (χ0) is 17.9. The maximum Gasteiger partial charge on any atom is 0.142 e. The Balaban J connectivity index is 1.72. The van der Waals surface area contributed by atoms with Crippen molar-refractivity contribution in [2.45, 2.75) is 11.8 Å². The van der Waals surface area contributed by atoms with Crippen molar-refractivity contribution in [2.75, 3.05) is 5.32 Å². The van der Waals surface area contributed by atoms with Crippen molar-refractivity contribution in [1.29, 1.82) is 5.26 Å². The van der Waals surface area contributed by atoms with Crippen LogP contribution in [-0.4, -0.2) is 9.97 Å². The number of benzene rings is 2. The molecule has 4 rings (SSSR count). The summed E-state index contributed by atoms with van der Waals surface area (Å²) >= 11 is 2.82. The lowest BCUT2D eigenvalue weighted by Gasteiger charge is -2.08. The van der Waals surface area contributed by atoms with Crippen molar-refractivity contribution < 1.29 is 0 Å². The minimum absolute atomic E-state index is 0.734. The molecule has 26 heavy (non-hydrogen) atoms. The molecule has 126 valence electrons. The molecule has 0 radical (unpaired) electrons. The van der Waals surface area contributed by atoms with E-state index < -0.39 is 0 Å². The molecule has 0 saturated heterocycles. The fourth-order valence-electron chi connectivity index (χ4n) is 2.66. The van der Waals surface area contributed by atoms with E-state index in [2.05, 4.69) is 38.9 Å². The SMILES string of the molecule is Cc1nc(Nc2ccc(SC#N)cc2)c2cc(-c3ccccc3)sc2n1. The predicted octanol–water partition coefficient (Wildman–Crippen LogP) is 5.98. The maximum atomic E-state index is 8.75. The number of fused-ring (bicyclic) bond motifs is 1. The number of thiocyanates is 1.